The first kappa shape index (κ1) is 17.5. The molecule has 0 aromatic heterocycles. The maximum Gasteiger partial charge on any atom is 0.251 e. The first-order valence-corrected chi connectivity index (χ1v) is 9.22. The fourth-order valence-corrected chi connectivity index (χ4v) is 3.42. The van der Waals surface area contributed by atoms with Gasteiger partial charge in [-0.05, 0) is 73.6 Å². The van der Waals surface area contributed by atoms with Crippen molar-refractivity contribution in [2.24, 2.45) is 5.92 Å². The molecule has 2 aromatic rings. The highest BCUT2D eigenvalue weighted by Gasteiger charge is 2.16. The molecule has 132 valence electrons. The zero-order valence-corrected chi connectivity index (χ0v) is 15.5. The Bertz CT molecular complexity index is 736. The van der Waals surface area contributed by atoms with E-state index >= 15 is 0 Å². The van der Waals surface area contributed by atoms with Crippen molar-refractivity contribution >= 4 is 11.6 Å². The molecule has 1 N–H and O–H groups in total. The number of hydrogen-bond acceptors (Lipinski definition) is 2. The Hall–Kier alpha value is -2.29. The van der Waals surface area contributed by atoms with Crippen LogP contribution in [-0.2, 0) is 6.54 Å². The normalized spacial score (nSPS) is 17.4. The molecule has 1 fully saturated rings. The van der Waals surface area contributed by atoms with E-state index in [9.17, 15) is 4.79 Å². The predicted molar refractivity (Wildman–Crippen MR) is 104 cm³/mol. The van der Waals surface area contributed by atoms with Crippen molar-refractivity contribution in [3.05, 3.63) is 64.7 Å². The van der Waals surface area contributed by atoms with Crippen LogP contribution in [-0.4, -0.2) is 19.0 Å². The standard InChI is InChI=1S/C22H28N2O/c1-16-5-4-12-24(15-16)21-10-7-19(8-11-21)14-23-22(25)20-9-6-17(2)18(3)13-20/h6-11,13,16H,4-5,12,14-15H2,1-3H3,(H,23,25). The molecule has 2 aromatic carbocycles. The van der Waals surface area contributed by atoms with Gasteiger partial charge in [0.2, 0.25) is 0 Å². The van der Waals surface area contributed by atoms with Crippen LogP contribution in [0.25, 0.3) is 0 Å². The minimum Gasteiger partial charge on any atom is -0.371 e. The van der Waals surface area contributed by atoms with Crippen LogP contribution in [0.15, 0.2) is 42.5 Å². The van der Waals surface area contributed by atoms with Gasteiger partial charge < -0.3 is 10.2 Å². The molecule has 0 saturated carbocycles. The van der Waals surface area contributed by atoms with Crippen molar-refractivity contribution in [3.8, 4) is 0 Å². The van der Waals surface area contributed by atoms with Crippen LogP contribution in [0.4, 0.5) is 5.69 Å². The van der Waals surface area contributed by atoms with Gasteiger partial charge in [0.25, 0.3) is 5.91 Å². The highest BCUT2D eigenvalue weighted by molar-refractivity contribution is 5.94. The summed E-state index contributed by atoms with van der Waals surface area (Å²) >= 11 is 0. The van der Waals surface area contributed by atoms with Gasteiger partial charge in [-0.2, -0.15) is 0 Å². The van der Waals surface area contributed by atoms with Gasteiger partial charge in [-0.3, -0.25) is 4.79 Å². The predicted octanol–water partition coefficient (Wildman–Crippen LogP) is 4.47. The number of amides is 1. The van der Waals surface area contributed by atoms with Gasteiger partial charge >= 0.3 is 0 Å². The lowest BCUT2D eigenvalue weighted by Crippen LogP contribution is -2.34. The molecule has 1 amide bonds. The van der Waals surface area contributed by atoms with E-state index in [1.54, 1.807) is 0 Å². The molecule has 1 aliphatic heterocycles. The minimum absolute atomic E-state index is 0.0166. The van der Waals surface area contributed by atoms with Gasteiger partial charge in [0.05, 0.1) is 0 Å². The van der Waals surface area contributed by atoms with E-state index in [-0.39, 0.29) is 5.91 Å². The van der Waals surface area contributed by atoms with Crippen molar-refractivity contribution < 1.29 is 4.79 Å². The van der Waals surface area contributed by atoms with Gasteiger partial charge in [-0.15, -0.1) is 0 Å². The Morgan fingerprint density at radius 1 is 1.12 bits per heavy atom. The summed E-state index contributed by atoms with van der Waals surface area (Å²) in [5.74, 6) is 0.753. The van der Waals surface area contributed by atoms with Crippen LogP contribution in [0.2, 0.25) is 0 Å². The first-order valence-electron chi connectivity index (χ1n) is 9.22. The number of rotatable bonds is 4. The van der Waals surface area contributed by atoms with Crippen molar-refractivity contribution in [1.29, 1.82) is 0 Å². The summed E-state index contributed by atoms with van der Waals surface area (Å²) in [5.41, 5.74) is 5.50. The number of piperidine rings is 1. The largest absolute Gasteiger partial charge is 0.371 e. The summed E-state index contributed by atoms with van der Waals surface area (Å²) < 4.78 is 0. The van der Waals surface area contributed by atoms with Gasteiger partial charge in [-0.1, -0.05) is 25.1 Å². The molecule has 3 nitrogen and oxygen atoms in total. The third kappa shape index (κ3) is 4.41. The number of carbonyl (C=O) groups excluding carboxylic acids is 1. The van der Waals surface area contributed by atoms with Crippen molar-refractivity contribution in [3.63, 3.8) is 0 Å². The van der Waals surface area contributed by atoms with E-state index in [1.807, 2.05) is 25.1 Å². The molecule has 3 rings (SSSR count). The second kappa shape index (κ2) is 7.73. The second-order valence-corrected chi connectivity index (χ2v) is 7.34. The molecule has 1 unspecified atom stereocenters. The van der Waals surface area contributed by atoms with Crippen molar-refractivity contribution in [2.45, 2.75) is 40.2 Å². The molecular formula is C22H28N2O. The zero-order chi connectivity index (χ0) is 17.8. The SMILES string of the molecule is Cc1ccc(C(=O)NCc2ccc(N3CCCC(C)C3)cc2)cc1C. The molecule has 1 atom stereocenters. The number of aryl methyl sites for hydroxylation is 2. The molecule has 25 heavy (non-hydrogen) atoms. The summed E-state index contributed by atoms with van der Waals surface area (Å²) in [6, 6.07) is 14.4. The number of benzene rings is 2. The Morgan fingerprint density at radius 3 is 2.56 bits per heavy atom. The van der Waals surface area contributed by atoms with Crippen LogP contribution >= 0.6 is 0 Å². The van der Waals surface area contributed by atoms with E-state index in [0.717, 1.165) is 35.7 Å². The van der Waals surface area contributed by atoms with Gasteiger partial charge in [0.1, 0.15) is 0 Å². The average molecular weight is 336 g/mol. The van der Waals surface area contributed by atoms with Crippen molar-refractivity contribution in [1.82, 2.24) is 5.32 Å². The second-order valence-electron chi connectivity index (χ2n) is 7.34. The number of hydrogen-bond donors (Lipinski definition) is 1. The molecule has 0 radical (unpaired) electrons. The lowest BCUT2D eigenvalue weighted by molar-refractivity contribution is 0.0951. The van der Waals surface area contributed by atoms with Crippen molar-refractivity contribution in [2.75, 3.05) is 18.0 Å². The highest BCUT2D eigenvalue weighted by atomic mass is 16.1. The highest BCUT2D eigenvalue weighted by Crippen LogP contribution is 2.23. The van der Waals surface area contributed by atoms with E-state index < -0.39 is 0 Å². The van der Waals surface area contributed by atoms with E-state index in [0.29, 0.717) is 6.54 Å². The molecule has 3 heteroatoms. The number of anilines is 1. The molecule has 1 heterocycles. The van der Waals surface area contributed by atoms with E-state index in [2.05, 4.69) is 48.3 Å². The fourth-order valence-electron chi connectivity index (χ4n) is 3.42. The van der Waals surface area contributed by atoms with Crippen LogP contribution in [0.3, 0.4) is 0 Å². The number of nitrogens with one attached hydrogen (secondary N) is 1. The molecule has 1 saturated heterocycles. The summed E-state index contributed by atoms with van der Waals surface area (Å²) in [7, 11) is 0. The van der Waals surface area contributed by atoms with E-state index in [1.165, 1.54) is 24.1 Å². The van der Waals surface area contributed by atoms with Gasteiger partial charge in [0.15, 0.2) is 0 Å². The summed E-state index contributed by atoms with van der Waals surface area (Å²) in [6.07, 6.45) is 2.61. The fraction of sp³-hybridized carbons (Fsp3) is 0.409. The smallest absolute Gasteiger partial charge is 0.251 e. The van der Waals surface area contributed by atoms with Crippen LogP contribution < -0.4 is 10.2 Å². The molecule has 1 aliphatic rings. The molecular weight excluding hydrogens is 308 g/mol. The van der Waals surface area contributed by atoms with Gasteiger partial charge in [-0.25, -0.2) is 0 Å². The maximum absolute atomic E-state index is 12.3. The Labute approximate surface area is 151 Å². The molecule has 0 bridgehead atoms. The summed E-state index contributed by atoms with van der Waals surface area (Å²) in [6.45, 7) is 9.26. The lowest BCUT2D eigenvalue weighted by atomic mass is 9.99. The quantitative estimate of drug-likeness (QED) is 0.893. The van der Waals surface area contributed by atoms with Crippen LogP contribution in [0.1, 0.15) is 46.8 Å². The number of carbonyl (C=O) groups is 1. The van der Waals surface area contributed by atoms with Crippen LogP contribution in [0, 0.1) is 19.8 Å². The molecule has 0 aliphatic carbocycles. The Morgan fingerprint density at radius 2 is 1.88 bits per heavy atom. The third-order valence-corrected chi connectivity index (χ3v) is 5.18. The minimum atomic E-state index is -0.0166. The van der Waals surface area contributed by atoms with E-state index in [4.69, 9.17) is 0 Å². The summed E-state index contributed by atoms with van der Waals surface area (Å²) in [5, 5.41) is 3.02. The monoisotopic (exact) mass is 336 g/mol. The topological polar surface area (TPSA) is 32.3 Å². The Kier molecular flexibility index (Phi) is 5.42. The third-order valence-electron chi connectivity index (χ3n) is 5.18. The lowest BCUT2D eigenvalue weighted by Gasteiger charge is -2.32. The maximum atomic E-state index is 12.3. The summed E-state index contributed by atoms with van der Waals surface area (Å²) in [4.78, 5) is 14.8. The number of nitrogens with zero attached hydrogens (tertiary/aromatic N) is 1. The average Bonchev–Trinajstić information content (AvgIpc) is 2.62. The first-order chi connectivity index (χ1) is 12.0. The Balaban J connectivity index is 1.58. The van der Waals surface area contributed by atoms with Gasteiger partial charge in [0, 0.05) is 30.9 Å². The zero-order valence-electron chi connectivity index (χ0n) is 15.5. The molecule has 0 spiro atoms. The van der Waals surface area contributed by atoms with Crippen LogP contribution in [0.5, 0.6) is 0 Å².